The highest BCUT2D eigenvalue weighted by molar-refractivity contribution is 7.13. The van der Waals surface area contributed by atoms with Crippen LogP contribution in [0.4, 0.5) is 0 Å². The van der Waals surface area contributed by atoms with Crippen LogP contribution in [0.2, 0.25) is 0 Å². The molecule has 104 valence electrons. The van der Waals surface area contributed by atoms with Gasteiger partial charge in [-0.3, -0.25) is 0 Å². The second-order valence-corrected chi connectivity index (χ2v) is 6.74. The van der Waals surface area contributed by atoms with Crippen LogP contribution in [0.1, 0.15) is 18.4 Å². The second-order valence-electron chi connectivity index (χ2n) is 5.91. The summed E-state index contributed by atoms with van der Waals surface area (Å²) < 4.78 is 5.53. The minimum atomic E-state index is 0.562. The highest BCUT2D eigenvalue weighted by Gasteiger charge is 2.34. The minimum Gasteiger partial charge on any atom is -0.381 e. The van der Waals surface area contributed by atoms with Gasteiger partial charge in [-0.05, 0) is 49.4 Å². The normalized spacial score (nSPS) is 28.7. The number of nitrogens with one attached hydrogen (secondary N) is 1. The molecule has 1 unspecified atom stereocenters. The summed E-state index contributed by atoms with van der Waals surface area (Å²) in [6.07, 6.45) is 4.61. The first-order valence-corrected chi connectivity index (χ1v) is 8.10. The Hall–Kier alpha value is -1.39. The third-order valence-corrected chi connectivity index (χ3v) is 5.50. The summed E-state index contributed by atoms with van der Waals surface area (Å²) in [5.74, 6) is 0.816. The van der Waals surface area contributed by atoms with Gasteiger partial charge in [0.05, 0.1) is 4.70 Å². The van der Waals surface area contributed by atoms with E-state index < -0.39 is 0 Å². The number of rotatable bonds is 3. The molecule has 0 aliphatic carbocycles. The van der Waals surface area contributed by atoms with Crippen molar-refractivity contribution in [1.29, 1.82) is 0 Å². The van der Waals surface area contributed by atoms with Gasteiger partial charge < -0.3 is 10.2 Å². The Balaban J connectivity index is 1.57. The molecule has 0 amide bonds. The molecule has 4 heteroatoms. The minimum absolute atomic E-state index is 0.562. The van der Waals surface area contributed by atoms with Gasteiger partial charge in [0.25, 0.3) is 0 Å². The molecule has 1 aromatic carbocycles. The summed E-state index contributed by atoms with van der Waals surface area (Å²) in [5, 5.41) is 4.91. The molecule has 2 aromatic rings. The van der Waals surface area contributed by atoms with Crippen molar-refractivity contribution in [3.8, 4) is 0 Å². The van der Waals surface area contributed by atoms with Crippen molar-refractivity contribution < 1.29 is 0 Å². The maximum absolute atomic E-state index is 4.29. The van der Waals surface area contributed by atoms with Gasteiger partial charge >= 0.3 is 0 Å². The van der Waals surface area contributed by atoms with E-state index in [2.05, 4.69) is 39.4 Å². The Morgan fingerprint density at radius 3 is 2.95 bits per heavy atom. The third-order valence-electron chi connectivity index (χ3n) is 4.74. The lowest BCUT2D eigenvalue weighted by Crippen LogP contribution is -2.55. The Morgan fingerprint density at radius 1 is 1.35 bits per heavy atom. The average Bonchev–Trinajstić information content (AvgIpc) is 2.96. The van der Waals surface area contributed by atoms with Gasteiger partial charge in [-0.1, -0.05) is 18.7 Å². The molecule has 0 saturated carbocycles. The van der Waals surface area contributed by atoms with Crippen LogP contribution in [0.3, 0.4) is 0 Å². The number of nitrogens with zero attached hydrogens (tertiary/aromatic N) is 2. The SMILES string of the molecule is C=C(NC1CN2CCC1CC2)c1cccc2sncc12. The van der Waals surface area contributed by atoms with E-state index in [1.54, 1.807) is 11.5 Å². The first-order chi connectivity index (χ1) is 9.81. The average molecular weight is 285 g/mol. The number of piperidine rings is 3. The molecular formula is C16H19N3S. The van der Waals surface area contributed by atoms with Crippen LogP contribution in [-0.2, 0) is 0 Å². The van der Waals surface area contributed by atoms with Crippen LogP contribution in [-0.4, -0.2) is 34.9 Å². The Labute approximate surface area is 123 Å². The Kier molecular flexibility index (Phi) is 3.00. The molecular weight excluding hydrogens is 266 g/mol. The van der Waals surface area contributed by atoms with Gasteiger partial charge in [-0.25, -0.2) is 0 Å². The largest absolute Gasteiger partial charge is 0.381 e. The summed E-state index contributed by atoms with van der Waals surface area (Å²) in [6, 6.07) is 6.93. The maximum atomic E-state index is 4.29. The molecule has 20 heavy (non-hydrogen) atoms. The van der Waals surface area contributed by atoms with E-state index in [1.807, 2.05) is 6.20 Å². The molecule has 0 radical (unpaired) electrons. The van der Waals surface area contributed by atoms with Crippen LogP contribution < -0.4 is 5.32 Å². The van der Waals surface area contributed by atoms with Crippen LogP contribution in [0.5, 0.6) is 0 Å². The van der Waals surface area contributed by atoms with Crippen molar-refractivity contribution in [3.05, 3.63) is 36.5 Å². The highest BCUT2D eigenvalue weighted by atomic mass is 32.1. The topological polar surface area (TPSA) is 28.2 Å². The number of hydrogen-bond acceptors (Lipinski definition) is 4. The number of hydrogen-bond donors (Lipinski definition) is 1. The summed E-state index contributed by atoms with van der Waals surface area (Å²) in [5.41, 5.74) is 2.25. The molecule has 1 N–H and O–H groups in total. The maximum Gasteiger partial charge on any atom is 0.0556 e. The fraction of sp³-hybridized carbons (Fsp3) is 0.438. The van der Waals surface area contributed by atoms with E-state index >= 15 is 0 Å². The summed E-state index contributed by atoms with van der Waals surface area (Å²) >= 11 is 1.55. The predicted molar refractivity (Wildman–Crippen MR) is 84.7 cm³/mol. The van der Waals surface area contributed by atoms with Crippen molar-refractivity contribution in [2.45, 2.75) is 18.9 Å². The van der Waals surface area contributed by atoms with Crippen LogP contribution >= 0.6 is 11.5 Å². The van der Waals surface area contributed by atoms with Crippen molar-refractivity contribution in [2.24, 2.45) is 5.92 Å². The van der Waals surface area contributed by atoms with E-state index in [-0.39, 0.29) is 0 Å². The van der Waals surface area contributed by atoms with Crippen molar-refractivity contribution in [2.75, 3.05) is 19.6 Å². The van der Waals surface area contributed by atoms with Crippen LogP contribution in [0.25, 0.3) is 15.8 Å². The lowest BCUT2D eigenvalue weighted by Gasteiger charge is -2.45. The van der Waals surface area contributed by atoms with Crippen LogP contribution in [0, 0.1) is 5.92 Å². The van der Waals surface area contributed by atoms with Crippen molar-refractivity contribution >= 4 is 27.3 Å². The molecule has 3 aliphatic heterocycles. The summed E-state index contributed by atoms with van der Waals surface area (Å²) in [6.45, 7) is 8.00. The monoisotopic (exact) mass is 285 g/mol. The lowest BCUT2D eigenvalue weighted by atomic mass is 9.84. The smallest absolute Gasteiger partial charge is 0.0556 e. The zero-order chi connectivity index (χ0) is 13.5. The Morgan fingerprint density at radius 2 is 2.20 bits per heavy atom. The third kappa shape index (κ3) is 2.03. The zero-order valence-electron chi connectivity index (χ0n) is 11.5. The standard InChI is InChI=1S/C16H19N3S/c1-11(13-3-2-4-16-14(13)9-17-20-16)18-15-10-19-7-5-12(15)6-8-19/h2-4,9,12,15,18H,1,5-8,10H2. The first kappa shape index (κ1) is 12.4. The number of fused-ring (bicyclic) bond motifs is 4. The lowest BCUT2D eigenvalue weighted by molar-refractivity contribution is 0.0801. The van der Waals surface area contributed by atoms with Gasteiger partial charge in [-0.15, -0.1) is 0 Å². The van der Waals surface area contributed by atoms with E-state index in [4.69, 9.17) is 0 Å². The van der Waals surface area contributed by atoms with Gasteiger partial charge in [0.1, 0.15) is 0 Å². The molecule has 3 nitrogen and oxygen atoms in total. The van der Waals surface area contributed by atoms with Crippen molar-refractivity contribution in [3.63, 3.8) is 0 Å². The van der Waals surface area contributed by atoms with E-state index in [0.29, 0.717) is 6.04 Å². The number of aromatic nitrogens is 1. The predicted octanol–water partition coefficient (Wildman–Crippen LogP) is 2.95. The highest BCUT2D eigenvalue weighted by Crippen LogP contribution is 2.30. The fourth-order valence-corrected chi connectivity index (χ4v) is 4.26. The summed E-state index contributed by atoms with van der Waals surface area (Å²) in [7, 11) is 0. The van der Waals surface area contributed by atoms with Gasteiger partial charge in [0, 0.05) is 35.4 Å². The molecule has 3 fully saturated rings. The second kappa shape index (κ2) is 4.86. The zero-order valence-corrected chi connectivity index (χ0v) is 12.3. The number of benzene rings is 1. The van der Waals surface area contributed by atoms with E-state index in [9.17, 15) is 0 Å². The molecule has 1 aromatic heterocycles. The Bertz CT molecular complexity index is 640. The summed E-state index contributed by atoms with van der Waals surface area (Å²) in [4.78, 5) is 2.57. The quantitative estimate of drug-likeness (QED) is 0.940. The van der Waals surface area contributed by atoms with Gasteiger partial charge in [0.15, 0.2) is 0 Å². The molecule has 2 bridgehead atoms. The molecule has 5 rings (SSSR count). The molecule has 3 aliphatic rings. The first-order valence-electron chi connectivity index (χ1n) is 7.33. The molecule has 4 heterocycles. The molecule has 0 spiro atoms. The fourth-order valence-electron chi connectivity index (χ4n) is 3.59. The van der Waals surface area contributed by atoms with Gasteiger partial charge in [-0.2, -0.15) is 4.37 Å². The van der Waals surface area contributed by atoms with Gasteiger partial charge in [0.2, 0.25) is 0 Å². The molecule has 3 saturated heterocycles. The van der Waals surface area contributed by atoms with Crippen LogP contribution in [0.15, 0.2) is 31.0 Å². The van der Waals surface area contributed by atoms with E-state index in [0.717, 1.165) is 11.6 Å². The van der Waals surface area contributed by atoms with E-state index in [1.165, 1.54) is 48.1 Å². The van der Waals surface area contributed by atoms with Crippen molar-refractivity contribution in [1.82, 2.24) is 14.6 Å². The molecule has 1 atom stereocenters.